The SMILES string of the molecule is COCCCN(C)c1cccc(N)n1. The van der Waals surface area contributed by atoms with Gasteiger partial charge in [0.1, 0.15) is 11.6 Å². The van der Waals surface area contributed by atoms with Crippen LogP contribution in [-0.4, -0.2) is 32.3 Å². The number of pyridine rings is 1. The first kappa shape index (κ1) is 10.8. The first-order valence-corrected chi connectivity index (χ1v) is 4.66. The molecule has 0 aliphatic rings. The molecule has 78 valence electrons. The molecule has 0 fully saturated rings. The zero-order chi connectivity index (χ0) is 10.4. The third-order valence-corrected chi connectivity index (χ3v) is 1.99. The van der Waals surface area contributed by atoms with Crippen molar-refractivity contribution in [2.24, 2.45) is 0 Å². The minimum absolute atomic E-state index is 0.557. The number of nitrogens with two attached hydrogens (primary N) is 1. The molecule has 14 heavy (non-hydrogen) atoms. The fourth-order valence-corrected chi connectivity index (χ4v) is 1.21. The summed E-state index contributed by atoms with van der Waals surface area (Å²) in [6.07, 6.45) is 0.990. The van der Waals surface area contributed by atoms with E-state index in [9.17, 15) is 0 Å². The Morgan fingerprint density at radius 2 is 2.29 bits per heavy atom. The maximum absolute atomic E-state index is 5.59. The fraction of sp³-hybridized carbons (Fsp3) is 0.500. The summed E-state index contributed by atoms with van der Waals surface area (Å²) < 4.78 is 4.98. The number of hydrogen-bond acceptors (Lipinski definition) is 4. The summed E-state index contributed by atoms with van der Waals surface area (Å²) in [7, 11) is 3.70. The Bertz CT molecular complexity index is 278. The first-order chi connectivity index (χ1) is 6.74. The highest BCUT2D eigenvalue weighted by Crippen LogP contribution is 2.10. The second-order valence-electron chi connectivity index (χ2n) is 3.19. The zero-order valence-corrected chi connectivity index (χ0v) is 8.73. The molecule has 2 N–H and O–H groups in total. The minimum atomic E-state index is 0.557. The number of methoxy groups -OCH3 is 1. The second kappa shape index (κ2) is 5.44. The van der Waals surface area contributed by atoms with Crippen molar-refractivity contribution in [1.29, 1.82) is 0 Å². The van der Waals surface area contributed by atoms with Gasteiger partial charge in [-0.05, 0) is 18.6 Å². The largest absolute Gasteiger partial charge is 0.385 e. The van der Waals surface area contributed by atoms with Crippen molar-refractivity contribution in [3.8, 4) is 0 Å². The molecule has 0 radical (unpaired) electrons. The predicted molar refractivity (Wildman–Crippen MR) is 58.4 cm³/mol. The molecule has 1 rings (SSSR count). The van der Waals surface area contributed by atoms with Crippen LogP contribution in [0.2, 0.25) is 0 Å². The lowest BCUT2D eigenvalue weighted by Gasteiger charge is -2.17. The van der Waals surface area contributed by atoms with Crippen LogP contribution in [0.1, 0.15) is 6.42 Å². The Balaban J connectivity index is 2.47. The highest BCUT2D eigenvalue weighted by atomic mass is 16.5. The predicted octanol–water partition coefficient (Wildman–Crippen LogP) is 1.14. The molecule has 0 atom stereocenters. The highest BCUT2D eigenvalue weighted by Gasteiger charge is 2.01. The molecule has 1 aromatic rings. The quantitative estimate of drug-likeness (QED) is 0.716. The van der Waals surface area contributed by atoms with Crippen molar-refractivity contribution in [2.75, 3.05) is 37.9 Å². The van der Waals surface area contributed by atoms with E-state index in [0.717, 1.165) is 25.4 Å². The van der Waals surface area contributed by atoms with Gasteiger partial charge in [0.15, 0.2) is 0 Å². The Morgan fingerprint density at radius 3 is 2.93 bits per heavy atom. The topological polar surface area (TPSA) is 51.4 Å². The molecule has 0 aliphatic heterocycles. The van der Waals surface area contributed by atoms with Crippen molar-refractivity contribution in [3.63, 3.8) is 0 Å². The zero-order valence-electron chi connectivity index (χ0n) is 8.73. The normalized spacial score (nSPS) is 10.1. The summed E-state index contributed by atoms with van der Waals surface area (Å²) in [6.45, 7) is 1.69. The Hall–Kier alpha value is -1.29. The molecule has 0 amide bonds. The van der Waals surface area contributed by atoms with Gasteiger partial charge in [0.2, 0.25) is 0 Å². The van der Waals surface area contributed by atoms with Crippen LogP contribution < -0.4 is 10.6 Å². The molecule has 0 saturated carbocycles. The summed E-state index contributed by atoms with van der Waals surface area (Å²) in [5.41, 5.74) is 5.59. The van der Waals surface area contributed by atoms with Crippen LogP contribution in [0, 0.1) is 0 Å². The lowest BCUT2D eigenvalue weighted by Crippen LogP contribution is -2.20. The van der Waals surface area contributed by atoms with E-state index in [1.165, 1.54) is 0 Å². The van der Waals surface area contributed by atoms with E-state index in [0.29, 0.717) is 5.82 Å². The molecule has 0 spiro atoms. The van der Waals surface area contributed by atoms with Gasteiger partial charge in [-0.2, -0.15) is 0 Å². The van der Waals surface area contributed by atoms with Crippen LogP contribution in [0.3, 0.4) is 0 Å². The van der Waals surface area contributed by atoms with Gasteiger partial charge < -0.3 is 15.4 Å². The first-order valence-electron chi connectivity index (χ1n) is 4.66. The van der Waals surface area contributed by atoms with Crippen LogP contribution in [0.25, 0.3) is 0 Å². The molecule has 4 nitrogen and oxygen atoms in total. The van der Waals surface area contributed by atoms with E-state index >= 15 is 0 Å². The van der Waals surface area contributed by atoms with Crippen molar-refractivity contribution in [3.05, 3.63) is 18.2 Å². The summed E-state index contributed by atoms with van der Waals surface area (Å²) >= 11 is 0. The molecule has 0 saturated heterocycles. The number of aromatic nitrogens is 1. The smallest absolute Gasteiger partial charge is 0.130 e. The number of hydrogen-bond donors (Lipinski definition) is 1. The number of nitrogens with zero attached hydrogens (tertiary/aromatic N) is 2. The number of rotatable bonds is 5. The fourth-order valence-electron chi connectivity index (χ4n) is 1.21. The molecular weight excluding hydrogens is 178 g/mol. The van der Waals surface area contributed by atoms with Crippen molar-refractivity contribution in [1.82, 2.24) is 4.98 Å². The van der Waals surface area contributed by atoms with Gasteiger partial charge in [-0.1, -0.05) is 6.07 Å². The maximum atomic E-state index is 5.59. The van der Waals surface area contributed by atoms with Crippen LogP contribution >= 0.6 is 0 Å². The summed E-state index contributed by atoms with van der Waals surface area (Å²) in [5.74, 6) is 1.46. The van der Waals surface area contributed by atoms with Crippen molar-refractivity contribution < 1.29 is 4.74 Å². The summed E-state index contributed by atoms with van der Waals surface area (Å²) in [4.78, 5) is 6.28. The highest BCUT2D eigenvalue weighted by molar-refractivity contribution is 5.43. The lowest BCUT2D eigenvalue weighted by atomic mass is 10.4. The van der Waals surface area contributed by atoms with Gasteiger partial charge in [0, 0.05) is 27.3 Å². The van der Waals surface area contributed by atoms with Crippen molar-refractivity contribution >= 4 is 11.6 Å². The Morgan fingerprint density at radius 1 is 1.50 bits per heavy atom. The molecule has 0 bridgehead atoms. The molecule has 4 heteroatoms. The van der Waals surface area contributed by atoms with E-state index in [4.69, 9.17) is 10.5 Å². The van der Waals surface area contributed by atoms with Crippen LogP contribution in [-0.2, 0) is 4.74 Å². The van der Waals surface area contributed by atoms with E-state index in [-0.39, 0.29) is 0 Å². The van der Waals surface area contributed by atoms with Gasteiger partial charge in [-0.15, -0.1) is 0 Å². The molecular formula is C10H17N3O. The van der Waals surface area contributed by atoms with Gasteiger partial charge in [0.05, 0.1) is 0 Å². The average molecular weight is 195 g/mol. The molecule has 1 aromatic heterocycles. The van der Waals surface area contributed by atoms with Gasteiger partial charge in [-0.25, -0.2) is 4.98 Å². The van der Waals surface area contributed by atoms with Gasteiger partial charge in [0.25, 0.3) is 0 Å². The summed E-state index contributed by atoms with van der Waals surface area (Å²) in [5, 5.41) is 0. The van der Waals surface area contributed by atoms with Crippen LogP contribution in [0.15, 0.2) is 18.2 Å². The monoisotopic (exact) mass is 195 g/mol. The number of anilines is 2. The van der Waals surface area contributed by atoms with Gasteiger partial charge >= 0.3 is 0 Å². The van der Waals surface area contributed by atoms with Crippen molar-refractivity contribution in [2.45, 2.75) is 6.42 Å². The molecule has 0 aliphatic carbocycles. The Kier molecular flexibility index (Phi) is 4.19. The standard InChI is InChI=1S/C10H17N3O/c1-13(7-4-8-14-2)10-6-3-5-9(11)12-10/h3,5-6H,4,7-8H2,1-2H3,(H2,11,12). The number of ether oxygens (including phenoxy) is 1. The Labute approximate surface area is 84.7 Å². The van der Waals surface area contributed by atoms with E-state index in [1.54, 1.807) is 13.2 Å². The molecule has 1 heterocycles. The van der Waals surface area contributed by atoms with Crippen LogP contribution in [0.5, 0.6) is 0 Å². The van der Waals surface area contributed by atoms with Crippen LogP contribution in [0.4, 0.5) is 11.6 Å². The average Bonchev–Trinajstić information content (AvgIpc) is 2.18. The molecule has 0 aromatic carbocycles. The number of nitrogen functional groups attached to an aromatic ring is 1. The maximum Gasteiger partial charge on any atom is 0.130 e. The minimum Gasteiger partial charge on any atom is -0.385 e. The van der Waals surface area contributed by atoms with E-state index in [2.05, 4.69) is 9.88 Å². The van der Waals surface area contributed by atoms with E-state index < -0.39 is 0 Å². The lowest BCUT2D eigenvalue weighted by molar-refractivity contribution is 0.196. The third kappa shape index (κ3) is 3.22. The molecule has 0 unspecified atom stereocenters. The third-order valence-electron chi connectivity index (χ3n) is 1.99. The van der Waals surface area contributed by atoms with Gasteiger partial charge in [-0.3, -0.25) is 0 Å². The summed E-state index contributed by atoms with van der Waals surface area (Å²) in [6, 6.07) is 5.64. The van der Waals surface area contributed by atoms with E-state index in [1.807, 2.05) is 19.2 Å². The second-order valence-corrected chi connectivity index (χ2v) is 3.19.